The summed E-state index contributed by atoms with van der Waals surface area (Å²) < 4.78 is 0. The van der Waals surface area contributed by atoms with Crippen molar-refractivity contribution in [3.05, 3.63) is 29.8 Å². The lowest BCUT2D eigenvalue weighted by molar-refractivity contribution is 0.372. The first-order valence-corrected chi connectivity index (χ1v) is 7.96. The summed E-state index contributed by atoms with van der Waals surface area (Å²) in [6.45, 7) is 3.38. The zero-order chi connectivity index (χ0) is 13.9. The maximum absolute atomic E-state index is 3.66. The Morgan fingerprint density at radius 2 is 2.00 bits per heavy atom. The molecule has 0 amide bonds. The standard InChI is InChI=1S/C17H27N3/c1-19(2)13-16-7-5-11-20(16)17-8-4-3-6-14(17)12-18-15-9-10-15/h3-4,6,8,15-16,18H,5,7,9-13H2,1-2H3. The van der Waals surface area contributed by atoms with Crippen LogP contribution in [0.4, 0.5) is 5.69 Å². The Kier molecular flexibility index (Phi) is 4.27. The monoisotopic (exact) mass is 273 g/mol. The molecule has 0 aromatic heterocycles. The van der Waals surface area contributed by atoms with Gasteiger partial charge in [0.2, 0.25) is 0 Å². The van der Waals surface area contributed by atoms with E-state index in [1.54, 1.807) is 0 Å². The van der Waals surface area contributed by atoms with Crippen molar-refractivity contribution in [3.8, 4) is 0 Å². The van der Waals surface area contributed by atoms with E-state index in [0.29, 0.717) is 6.04 Å². The first-order valence-electron chi connectivity index (χ1n) is 7.96. The van der Waals surface area contributed by atoms with Crippen LogP contribution in [0.3, 0.4) is 0 Å². The van der Waals surface area contributed by atoms with Crippen molar-refractivity contribution in [2.24, 2.45) is 0 Å². The molecular formula is C17H27N3. The summed E-state index contributed by atoms with van der Waals surface area (Å²) in [5, 5.41) is 3.66. The highest BCUT2D eigenvalue weighted by Gasteiger charge is 2.27. The van der Waals surface area contributed by atoms with E-state index in [-0.39, 0.29) is 0 Å². The van der Waals surface area contributed by atoms with E-state index < -0.39 is 0 Å². The van der Waals surface area contributed by atoms with E-state index in [2.05, 4.69) is 53.5 Å². The smallest absolute Gasteiger partial charge is 0.0417 e. The second-order valence-corrected chi connectivity index (χ2v) is 6.54. The molecule has 3 heteroatoms. The summed E-state index contributed by atoms with van der Waals surface area (Å²) in [5.74, 6) is 0. The molecule has 3 nitrogen and oxygen atoms in total. The Hall–Kier alpha value is -1.06. The minimum Gasteiger partial charge on any atom is -0.367 e. The third-order valence-corrected chi connectivity index (χ3v) is 4.41. The summed E-state index contributed by atoms with van der Waals surface area (Å²) in [5.41, 5.74) is 2.91. The summed E-state index contributed by atoms with van der Waals surface area (Å²) in [6, 6.07) is 10.4. The molecule has 1 aliphatic carbocycles. The van der Waals surface area contributed by atoms with E-state index in [4.69, 9.17) is 0 Å². The molecule has 1 aliphatic heterocycles. The molecule has 20 heavy (non-hydrogen) atoms. The molecule has 0 radical (unpaired) electrons. The summed E-state index contributed by atoms with van der Waals surface area (Å²) >= 11 is 0. The van der Waals surface area contributed by atoms with Crippen LogP contribution in [0.25, 0.3) is 0 Å². The van der Waals surface area contributed by atoms with E-state index in [9.17, 15) is 0 Å². The largest absolute Gasteiger partial charge is 0.367 e. The van der Waals surface area contributed by atoms with Crippen LogP contribution in [0, 0.1) is 0 Å². The number of para-hydroxylation sites is 1. The lowest BCUT2D eigenvalue weighted by atomic mass is 10.1. The number of nitrogens with one attached hydrogen (secondary N) is 1. The van der Waals surface area contributed by atoms with Crippen molar-refractivity contribution in [1.82, 2.24) is 10.2 Å². The molecule has 0 bridgehead atoms. The number of hydrogen-bond donors (Lipinski definition) is 1. The minimum absolute atomic E-state index is 0.673. The van der Waals surface area contributed by atoms with Crippen molar-refractivity contribution in [1.29, 1.82) is 0 Å². The van der Waals surface area contributed by atoms with Gasteiger partial charge in [-0.3, -0.25) is 0 Å². The maximum Gasteiger partial charge on any atom is 0.0417 e. The van der Waals surface area contributed by atoms with Gasteiger partial charge in [-0.25, -0.2) is 0 Å². The van der Waals surface area contributed by atoms with Gasteiger partial charge in [0.1, 0.15) is 0 Å². The van der Waals surface area contributed by atoms with Gasteiger partial charge in [-0.1, -0.05) is 18.2 Å². The zero-order valence-electron chi connectivity index (χ0n) is 12.8. The summed E-state index contributed by atoms with van der Waals surface area (Å²) in [7, 11) is 4.36. The summed E-state index contributed by atoms with van der Waals surface area (Å²) in [4.78, 5) is 4.94. The molecule has 1 saturated heterocycles. The predicted molar refractivity (Wildman–Crippen MR) is 85.2 cm³/mol. The molecule has 2 fully saturated rings. The first-order chi connectivity index (χ1) is 9.74. The maximum atomic E-state index is 3.66. The van der Waals surface area contributed by atoms with E-state index in [1.807, 2.05) is 0 Å². The van der Waals surface area contributed by atoms with E-state index >= 15 is 0 Å². The van der Waals surface area contributed by atoms with Gasteiger partial charge in [0.05, 0.1) is 0 Å². The number of nitrogens with zero attached hydrogens (tertiary/aromatic N) is 2. The van der Waals surface area contributed by atoms with Crippen LogP contribution >= 0.6 is 0 Å². The normalized spacial score (nSPS) is 22.8. The average Bonchev–Trinajstić information content (AvgIpc) is 3.16. The molecule has 1 N–H and O–H groups in total. The van der Waals surface area contributed by atoms with Gasteiger partial charge in [0, 0.05) is 37.4 Å². The second kappa shape index (κ2) is 6.15. The SMILES string of the molecule is CN(C)CC1CCCN1c1ccccc1CNC1CC1. The Balaban J connectivity index is 1.73. The molecule has 1 aromatic rings. The Morgan fingerprint density at radius 1 is 1.20 bits per heavy atom. The third kappa shape index (κ3) is 3.33. The predicted octanol–water partition coefficient (Wildman–Crippen LogP) is 2.47. The van der Waals surface area contributed by atoms with Crippen LogP contribution in [0.2, 0.25) is 0 Å². The lowest BCUT2D eigenvalue weighted by Crippen LogP contribution is -2.38. The molecule has 2 aliphatic rings. The number of likely N-dealkylation sites (N-methyl/N-ethyl adjacent to an activating group) is 1. The molecule has 3 rings (SSSR count). The molecule has 1 saturated carbocycles. The first kappa shape index (κ1) is 13.9. The zero-order valence-corrected chi connectivity index (χ0v) is 12.8. The fourth-order valence-electron chi connectivity index (χ4n) is 3.25. The van der Waals surface area contributed by atoms with Crippen molar-refractivity contribution < 1.29 is 0 Å². The van der Waals surface area contributed by atoms with Gasteiger partial charge in [0.15, 0.2) is 0 Å². The second-order valence-electron chi connectivity index (χ2n) is 6.54. The van der Waals surface area contributed by atoms with Crippen molar-refractivity contribution in [3.63, 3.8) is 0 Å². The van der Waals surface area contributed by atoms with Crippen LogP contribution in [-0.2, 0) is 6.54 Å². The van der Waals surface area contributed by atoms with Gasteiger partial charge in [0.25, 0.3) is 0 Å². The molecule has 110 valence electrons. The number of hydrogen-bond acceptors (Lipinski definition) is 3. The van der Waals surface area contributed by atoms with E-state index in [1.165, 1.54) is 43.5 Å². The number of benzene rings is 1. The van der Waals surface area contributed by atoms with Gasteiger partial charge in [-0.2, -0.15) is 0 Å². The van der Waals surface area contributed by atoms with E-state index in [0.717, 1.165) is 19.1 Å². The Bertz CT molecular complexity index is 440. The van der Waals surface area contributed by atoms with Crippen LogP contribution in [0.15, 0.2) is 24.3 Å². The molecule has 1 atom stereocenters. The Labute approximate surface area is 123 Å². The van der Waals surface area contributed by atoms with Crippen molar-refractivity contribution in [2.45, 2.75) is 44.3 Å². The van der Waals surface area contributed by atoms with Crippen molar-refractivity contribution in [2.75, 3.05) is 32.1 Å². The highest BCUT2D eigenvalue weighted by atomic mass is 15.2. The summed E-state index contributed by atoms with van der Waals surface area (Å²) in [6.07, 6.45) is 5.36. The van der Waals surface area contributed by atoms with Gasteiger partial charge in [-0.05, 0) is 51.4 Å². The van der Waals surface area contributed by atoms with Crippen LogP contribution in [0.5, 0.6) is 0 Å². The molecular weight excluding hydrogens is 246 g/mol. The van der Waals surface area contributed by atoms with Gasteiger partial charge in [-0.15, -0.1) is 0 Å². The quantitative estimate of drug-likeness (QED) is 0.859. The van der Waals surface area contributed by atoms with Gasteiger partial charge >= 0.3 is 0 Å². The third-order valence-electron chi connectivity index (χ3n) is 4.41. The lowest BCUT2D eigenvalue weighted by Gasteiger charge is -2.30. The highest BCUT2D eigenvalue weighted by molar-refractivity contribution is 5.55. The van der Waals surface area contributed by atoms with Crippen LogP contribution in [-0.4, -0.2) is 44.2 Å². The molecule has 1 heterocycles. The van der Waals surface area contributed by atoms with Crippen LogP contribution < -0.4 is 10.2 Å². The fraction of sp³-hybridized carbons (Fsp3) is 0.647. The molecule has 1 unspecified atom stereocenters. The van der Waals surface area contributed by atoms with Crippen LogP contribution in [0.1, 0.15) is 31.2 Å². The minimum atomic E-state index is 0.673. The molecule has 0 spiro atoms. The Morgan fingerprint density at radius 3 is 2.75 bits per heavy atom. The fourth-order valence-corrected chi connectivity index (χ4v) is 3.25. The number of anilines is 1. The highest BCUT2D eigenvalue weighted by Crippen LogP contribution is 2.29. The molecule has 1 aromatic carbocycles. The number of rotatable bonds is 6. The van der Waals surface area contributed by atoms with Gasteiger partial charge < -0.3 is 15.1 Å². The van der Waals surface area contributed by atoms with Crippen molar-refractivity contribution >= 4 is 5.69 Å². The topological polar surface area (TPSA) is 18.5 Å². The average molecular weight is 273 g/mol.